The molecule has 0 fully saturated rings. The summed E-state index contributed by atoms with van der Waals surface area (Å²) in [6, 6.07) is 8.15. The Hall–Kier alpha value is -1.90. The Balaban J connectivity index is 2.12. The van der Waals surface area contributed by atoms with E-state index in [-0.39, 0.29) is 16.4 Å². The molecule has 104 valence electrons. The molecule has 0 amide bonds. The molecule has 0 atom stereocenters. The van der Waals surface area contributed by atoms with Gasteiger partial charge in [0.15, 0.2) is 0 Å². The Morgan fingerprint density at radius 3 is 2.60 bits per heavy atom. The van der Waals surface area contributed by atoms with Gasteiger partial charge in [0.1, 0.15) is 9.88 Å². The predicted molar refractivity (Wildman–Crippen MR) is 78.4 cm³/mol. The molecular formula is C12H12N4O2S2. The van der Waals surface area contributed by atoms with Crippen molar-refractivity contribution in [3.05, 3.63) is 54.1 Å². The summed E-state index contributed by atoms with van der Waals surface area (Å²) in [5.74, 6) is 0. The number of aromatic nitrogens is 2. The molecule has 0 spiro atoms. The number of thiocarbonyl (C=S) groups is 1. The number of pyridine rings is 2. The van der Waals surface area contributed by atoms with Crippen LogP contribution in [0.1, 0.15) is 11.4 Å². The Morgan fingerprint density at radius 1 is 1.25 bits per heavy atom. The molecule has 2 heterocycles. The molecule has 0 aliphatic rings. The number of hydrogen-bond donors (Lipinski definition) is 2. The SMILES string of the molecule is NC(=S)c1ccc(S(=O)(=O)NCc2ccccn2)cn1. The Kier molecular flexibility index (Phi) is 4.38. The minimum absolute atomic E-state index is 0.0495. The van der Waals surface area contributed by atoms with Crippen molar-refractivity contribution in [3.63, 3.8) is 0 Å². The molecule has 0 aromatic carbocycles. The highest BCUT2D eigenvalue weighted by Crippen LogP contribution is 2.08. The van der Waals surface area contributed by atoms with Crippen molar-refractivity contribution in [2.45, 2.75) is 11.4 Å². The lowest BCUT2D eigenvalue weighted by Crippen LogP contribution is -2.24. The lowest BCUT2D eigenvalue weighted by Gasteiger charge is -2.06. The molecule has 3 N–H and O–H groups in total. The van der Waals surface area contributed by atoms with Gasteiger partial charge in [0.05, 0.1) is 17.9 Å². The first-order valence-corrected chi connectivity index (χ1v) is 7.53. The van der Waals surface area contributed by atoms with Gasteiger partial charge in [-0.25, -0.2) is 13.1 Å². The lowest BCUT2D eigenvalue weighted by atomic mass is 10.3. The average molecular weight is 308 g/mol. The van der Waals surface area contributed by atoms with Crippen LogP contribution in [0.25, 0.3) is 0 Å². The first kappa shape index (κ1) is 14.5. The van der Waals surface area contributed by atoms with Crippen LogP contribution < -0.4 is 10.5 Å². The van der Waals surface area contributed by atoms with Crippen LogP contribution in [-0.2, 0) is 16.6 Å². The molecule has 2 aromatic heterocycles. The maximum absolute atomic E-state index is 12.0. The third kappa shape index (κ3) is 3.56. The van der Waals surface area contributed by atoms with E-state index < -0.39 is 10.0 Å². The molecule has 2 rings (SSSR count). The van der Waals surface area contributed by atoms with E-state index in [1.807, 2.05) is 0 Å². The zero-order valence-electron chi connectivity index (χ0n) is 10.4. The van der Waals surface area contributed by atoms with Crippen LogP contribution in [-0.4, -0.2) is 23.4 Å². The summed E-state index contributed by atoms with van der Waals surface area (Å²) in [6.07, 6.45) is 2.82. The molecule has 20 heavy (non-hydrogen) atoms. The van der Waals surface area contributed by atoms with Crippen molar-refractivity contribution >= 4 is 27.2 Å². The van der Waals surface area contributed by atoms with Gasteiger partial charge in [0.25, 0.3) is 0 Å². The Bertz CT molecular complexity index is 700. The molecule has 0 unspecified atom stereocenters. The second-order valence-corrected chi connectivity index (χ2v) is 6.10. The van der Waals surface area contributed by atoms with Crippen molar-refractivity contribution in [1.29, 1.82) is 0 Å². The smallest absolute Gasteiger partial charge is 0.242 e. The summed E-state index contributed by atoms with van der Waals surface area (Å²) >= 11 is 4.76. The molecule has 2 aromatic rings. The Labute approximate surface area is 122 Å². The van der Waals surface area contributed by atoms with E-state index in [1.54, 1.807) is 24.4 Å². The highest BCUT2D eigenvalue weighted by molar-refractivity contribution is 7.89. The fourth-order valence-corrected chi connectivity index (χ4v) is 2.50. The number of sulfonamides is 1. The van der Waals surface area contributed by atoms with Gasteiger partial charge < -0.3 is 5.73 Å². The highest BCUT2D eigenvalue weighted by atomic mass is 32.2. The van der Waals surface area contributed by atoms with E-state index in [2.05, 4.69) is 14.7 Å². The quantitative estimate of drug-likeness (QED) is 0.785. The molecule has 0 bridgehead atoms. The first-order valence-electron chi connectivity index (χ1n) is 5.64. The average Bonchev–Trinajstić information content (AvgIpc) is 2.46. The van der Waals surface area contributed by atoms with Crippen LogP contribution in [0.15, 0.2) is 47.6 Å². The number of nitrogens with two attached hydrogens (primary N) is 1. The minimum atomic E-state index is -3.64. The fraction of sp³-hybridized carbons (Fsp3) is 0.0833. The summed E-state index contributed by atoms with van der Waals surface area (Å²) in [5.41, 5.74) is 6.41. The van der Waals surface area contributed by atoms with Crippen molar-refractivity contribution in [1.82, 2.24) is 14.7 Å². The van der Waals surface area contributed by atoms with Crippen LogP contribution in [0.3, 0.4) is 0 Å². The highest BCUT2D eigenvalue weighted by Gasteiger charge is 2.14. The van der Waals surface area contributed by atoms with Crippen LogP contribution in [0.5, 0.6) is 0 Å². The normalized spacial score (nSPS) is 11.2. The van der Waals surface area contributed by atoms with Gasteiger partial charge in [-0.1, -0.05) is 18.3 Å². The molecule has 0 saturated carbocycles. The van der Waals surface area contributed by atoms with Crippen LogP contribution >= 0.6 is 12.2 Å². The molecule has 6 nitrogen and oxygen atoms in total. The molecule has 0 aliphatic heterocycles. The predicted octanol–water partition coefficient (Wildman–Crippen LogP) is 0.589. The Morgan fingerprint density at radius 2 is 2.05 bits per heavy atom. The lowest BCUT2D eigenvalue weighted by molar-refractivity contribution is 0.580. The minimum Gasteiger partial charge on any atom is -0.388 e. The summed E-state index contributed by atoms with van der Waals surface area (Å²) in [6.45, 7) is 0.111. The fourth-order valence-electron chi connectivity index (χ4n) is 1.44. The van der Waals surface area contributed by atoms with Gasteiger partial charge in [-0.2, -0.15) is 0 Å². The third-order valence-corrected chi connectivity index (χ3v) is 4.06. The number of nitrogens with zero attached hydrogens (tertiary/aromatic N) is 2. The third-order valence-electron chi connectivity index (χ3n) is 2.47. The van der Waals surface area contributed by atoms with Crippen molar-refractivity contribution in [2.24, 2.45) is 5.73 Å². The summed E-state index contributed by atoms with van der Waals surface area (Å²) in [4.78, 5) is 8.11. The molecule has 0 aliphatic carbocycles. The van der Waals surface area contributed by atoms with Gasteiger partial charge in [0, 0.05) is 12.4 Å². The topological polar surface area (TPSA) is 98.0 Å². The van der Waals surface area contributed by atoms with Crippen LogP contribution in [0, 0.1) is 0 Å². The van der Waals surface area contributed by atoms with Gasteiger partial charge >= 0.3 is 0 Å². The summed E-state index contributed by atoms with van der Waals surface area (Å²) in [5, 5.41) is 0. The van der Waals surface area contributed by atoms with Gasteiger partial charge in [-0.15, -0.1) is 0 Å². The van der Waals surface area contributed by atoms with E-state index in [1.165, 1.54) is 18.3 Å². The molecule has 0 saturated heterocycles. The van der Waals surface area contributed by atoms with Gasteiger partial charge in [-0.05, 0) is 24.3 Å². The van der Waals surface area contributed by atoms with Crippen molar-refractivity contribution in [3.8, 4) is 0 Å². The number of nitrogens with one attached hydrogen (secondary N) is 1. The van der Waals surface area contributed by atoms with E-state index in [0.717, 1.165) is 0 Å². The molecule has 0 radical (unpaired) electrons. The zero-order valence-corrected chi connectivity index (χ0v) is 12.0. The first-order chi connectivity index (χ1) is 9.49. The van der Waals surface area contributed by atoms with Gasteiger partial charge in [0.2, 0.25) is 10.0 Å². The molecular weight excluding hydrogens is 296 g/mol. The number of hydrogen-bond acceptors (Lipinski definition) is 5. The second kappa shape index (κ2) is 6.04. The second-order valence-electron chi connectivity index (χ2n) is 3.89. The van der Waals surface area contributed by atoms with E-state index in [9.17, 15) is 8.42 Å². The van der Waals surface area contributed by atoms with Gasteiger partial charge in [-0.3, -0.25) is 9.97 Å². The standard InChI is InChI=1S/C12H12N4O2S2/c13-12(19)11-5-4-10(8-15-11)20(17,18)16-7-9-3-1-2-6-14-9/h1-6,8,16H,7H2,(H2,13,19). The van der Waals surface area contributed by atoms with E-state index in [0.29, 0.717) is 11.4 Å². The summed E-state index contributed by atoms with van der Waals surface area (Å²) in [7, 11) is -3.64. The maximum atomic E-state index is 12.0. The van der Waals surface area contributed by atoms with E-state index >= 15 is 0 Å². The van der Waals surface area contributed by atoms with E-state index in [4.69, 9.17) is 18.0 Å². The summed E-state index contributed by atoms with van der Waals surface area (Å²) < 4.78 is 26.5. The zero-order chi connectivity index (χ0) is 14.6. The maximum Gasteiger partial charge on any atom is 0.242 e. The molecule has 8 heteroatoms. The largest absolute Gasteiger partial charge is 0.388 e. The van der Waals surface area contributed by atoms with Crippen LogP contribution in [0.2, 0.25) is 0 Å². The van der Waals surface area contributed by atoms with Crippen molar-refractivity contribution < 1.29 is 8.42 Å². The number of rotatable bonds is 5. The van der Waals surface area contributed by atoms with Crippen molar-refractivity contribution in [2.75, 3.05) is 0 Å². The van der Waals surface area contributed by atoms with Crippen LogP contribution in [0.4, 0.5) is 0 Å². The monoisotopic (exact) mass is 308 g/mol.